The topological polar surface area (TPSA) is 84.2 Å². The Morgan fingerprint density at radius 1 is 1.18 bits per heavy atom. The molecule has 1 aromatic carbocycles. The first-order valence-electron chi connectivity index (χ1n) is 8.58. The maximum Gasteiger partial charge on any atom is 0.326 e. The summed E-state index contributed by atoms with van der Waals surface area (Å²) >= 11 is 0. The summed E-state index contributed by atoms with van der Waals surface area (Å²) in [6, 6.07) is 1.16. The standard InChI is InChI=1S/C18H17F4N3O3/c19-10-4-9(5-11(20)7-10)6-13(18(27)28)23-15(26)8-25-14-3-1-2-12(14)16(24-25)17(21)22/h4-5,7,13,17H,1-3,6,8H2,(H,23,26)(H,27,28)/t13-/m0/s1. The van der Waals surface area contributed by atoms with Crippen molar-refractivity contribution >= 4 is 11.9 Å². The Labute approximate surface area is 157 Å². The number of nitrogens with one attached hydrogen (secondary N) is 1. The van der Waals surface area contributed by atoms with Gasteiger partial charge in [0.1, 0.15) is 29.9 Å². The number of carboxylic acid groups (broad SMARTS) is 1. The van der Waals surface area contributed by atoms with Gasteiger partial charge in [-0.2, -0.15) is 5.10 Å². The van der Waals surface area contributed by atoms with Crippen molar-refractivity contribution in [1.29, 1.82) is 0 Å². The summed E-state index contributed by atoms with van der Waals surface area (Å²) in [4.78, 5) is 23.7. The number of amides is 1. The average molecular weight is 399 g/mol. The fourth-order valence-electron chi connectivity index (χ4n) is 3.39. The second kappa shape index (κ2) is 7.99. The molecule has 0 bridgehead atoms. The number of aliphatic carboxylic acids is 1. The Morgan fingerprint density at radius 2 is 1.86 bits per heavy atom. The zero-order valence-corrected chi connectivity index (χ0v) is 14.6. The van der Waals surface area contributed by atoms with E-state index >= 15 is 0 Å². The zero-order valence-electron chi connectivity index (χ0n) is 14.6. The number of hydrogen-bond donors (Lipinski definition) is 2. The molecule has 0 spiro atoms. The van der Waals surface area contributed by atoms with Gasteiger partial charge in [0.2, 0.25) is 5.91 Å². The van der Waals surface area contributed by atoms with Crippen molar-refractivity contribution in [2.24, 2.45) is 0 Å². The minimum Gasteiger partial charge on any atom is -0.480 e. The minimum absolute atomic E-state index is 0.0603. The molecular weight excluding hydrogens is 382 g/mol. The van der Waals surface area contributed by atoms with Crippen LogP contribution in [-0.4, -0.2) is 32.8 Å². The molecule has 1 amide bonds. The van der Waals surface area contributed by atoms with Gasteiger partial charge in [0.25, 0.3) is 6.43 Å². The number of carbonyl (C=O) groups excluding carboxylic acids is 1. The van der Waals surface area contributed by atoms with Crippen LogP contribution in [0.4, 0.5) is 17.6 Å². The molecule has 1 aromatic heterocycles. The van der Waals surface area contributed by atoms with Crippen molar-refractivity contribution in [3.63, 3.8) is 0 Å². The predicted molar refractivity (Wildman–Crippen MR) is 88.8 cm³/mol. The third-order valence-corrected chi connectivity index (χ3v) is 4.53. The number of carbonyl (C=O) groups is 2. The van der Waals surface area contributed by atoms with Gasteiger partial charge in [0.05, 0.1) is 0 Å². The Morgan fingerprint density at radius 3 is 2.46 bits per heavy atom. The van der Waals surface area contributed by atoms with Crippen LogP contribution in [-0.2, 0) is 35.4 Å². The van der Waals surface area contributed by atoms with Gasteiger partial charge in [-0.25, -0.2) is 22.4 Å². The number of alkyl halides is 2. The Kier molecular flexibility index (Phi) is 5.66. The molecule has 28 heavy (non-hydrogen) atoms. The van der Waals surface area contributed by atoms with E-state index in [4.69, 9.17) is 0 Å². The minimum atomic E-state index is -2.76. The van der Waals surface area contributed by atoms with Crippen molar-refractivity contribution in [3.05, 3.63) is 52.3 Å². The number of fused-ring (bicyclic) bond motifs is 1. The van der Waals surface area contributed by atoms with E-state index in [0.717, 1.165) is 12.1 Å². The molecule has 1 atom stereocenters. The molecule has 0 fully saturated rings. The predicted octanol–water partition coefficient (Wildman–Crippen LogP) is 2.40. The first kappa shape index (κ1) is 19.8. The van der Waals surface area contributed by atoms with E-state index in [0.29, 0.717) is 36.6 Å². The summed E-state index contributed by atoms with van der Waals surface area (Å²) in [5, 5.41) is 15.3. The van der Waals surface area contributed by atoms with E-state index in [1.54, 1.807) is 0 Å². The quantitative estimate of drug-likeness (QED) is 0.701. The Balaban J connectivity index is 1.72. The van der Waals surface area contributed by atoms with Gasteiger partial charge in [-0.3, -0.25) is 9.48 Å². The molecule has 0 saturated heterocycles. The van der Waals surface area contributed by atoms with Crippen LogP contribution in [0, 0.1) is 11.6 Å². The maximum atomic E-state index is 13.3. The first-order valence-corrected chi connectivity index (χ1v) is 8.58. The highest BCUT2D eigenvalue weighted by Crippen LogP contribution is 2.31. The molecule has 2 aromatic rings. The molecule has 10 heteroatoms. The molecule has 0 radical (unpaired) electrons. The average Bonchev–Trinajstić information content (AvgIpc) is 3.17. The number of rotatable bonds is 7. The lowest BCUT2D eigenvalue weighted by molar-refractivity contribution is -0.141. The van der Waals surface area contributed by atoms with Crippen LogP contribution in [0.2, 0.25) is 0 Å². The van der Waals surface area contributed by atoms with E-state index in [9.17, 15) is 32.3 Å². The van der Waals surface area contributed by atoms with Crippen LogP contribution < -0.4 is 5.32 Å². The molecule has 1 aliphatic rings. The van der Waals surface area contributed by atoms with Gasteiger partial charge >= 0.3 is 5.97 Å². The van der Waals surface area contributed by atoms with Gasteiger partial charge in [-0.15, -0.1) is 0 Å². The molecule has 3 rings (SSSR count). The third kappa shape index (κ3) is 4.32. The Bertz CT molecular complexity index is 893. The van der Waals surface area contributed by atoms with Gasteiger partial charge < -0.3 is 10.4 Å². The van der Waals surface area contributed by atoms with E-state index in [1.165, 1.54) is 4.68 Å². The van der Waals surface area contributed by atoms with E-state index < -0.39 is 42.5 Å². The van der Waals surface area contributed by atoms with Gasteiger partial charge in [0.15, 0.2) is 0 Å². The van der Waals surface area contributed by atoms with Crippen LogP contribution in [0.1, 0.15) is 35.4 Å². The second-order valence-electron chi connectivity index (χ2n) is 6.56. The second-order valence-corrected chi connectivity index (χ2v) is 6.56. The van der Waals surface area contributed by atoms with Crippen molar-refractivity contribution in [1.82, 2.24) is 15.1 Å². The Hall–Kier alpha value is -2.91. The summed E-state index contributed by atoms with van der Waals surface area (Å²) in [5.74, 6) is -3.87. The fourth-order valence-corrected chi connectivity index (χ4v) is 3.39. The highest BCUT2D eigenvalue weighted by Gasteiger charge is 2.28. The number of benzene rings is 1. The van der Waals surface area contributed by atoms with Gasteiger partial charge in [0, 0.05) is 23.7 Å². The smallest absolute Gasteiger partial charge is 0.326 e. The lowest BCUT2D eigenvalue weighted by Gasteiger charge is -2.15. The highest BCUT2D eigenvalue weighted by molar-refractivity contribution is 5.83. The summed E-state index contributed by atoms with van der Waals surface area (Å²) < 4.78 is 53.9. The zero-order chi connectivity index (χ0) is 20.4. The van der Waals surface area contributed by atoms with Crippen molar-refractivity contribution < 1.29 is 32.3 Å². The monoisotopic (exact) mass is 399 g/mol. The van der Waals surface area contributed by atoms with E-state index in [2.05, 4.69) is 10.4 Å². The number of hydrogen-bond acceptors (Lipinski definition) is 3. The summed E-state index contributed by atoms with van der Waals surface area (Å²) in [7, 11) is 0. The molecule has 1 aliphatic carbocycles. The molecule has 0 unspecified atom stereocenters. The lowest BCUT2D eigenvalue weighted by atomic mass is 10.1. The van der Waals surface area contributed by atoms with E-state index in [1.807, 2.05) is 0 Å². The van der Waals surface area contributed by atoms with Gasteiger partial charge in [-0.05, 0) is 37.0 Å². The van der Waals surface area contributed by atoms with Crippen molar-refractivity contribution in [2.45, 2.75) is 44.7 Å². The molecular formula is C18H17F4N3O3. The summed E-state index contributed by atoms with van der Waals surface area (Å²) in [5.41, 5.74) is 0.688. The largest absolute Gasteiger partial charge is 0.480 e. The van der Waals surface area contributed by atoms with Crippen LogP contribution in [0.15, 0.2) is 18.2 Å². The van der Waals surface area contributed by atoms with Crippen LogP contribution >= 0.6 is 0 Å². The number of aromatic nitrogens is 2. The molecule has 2 N–H and O–H groups in total. The van der Waals surface area contributed by atoms with E-state index in [-0.39, 0.29) is 17.7 Å². The molecule has 0 aliphatic heterocycles. The van der Waals surface area contributed by atoms with Crippen LogP contribution in [0.5, 0.6) is 0 Å². The summed E-state index contributed by atoms with van der Waals surface area (Å²) in [6.07, 6.45) is -1.45. The molecule has 6 nitrogen and oxygen atoms in total. The third-order valence-electron chi connectivity index (χ3n) is 4.53. The maximum absolute atomic E-state index is 13.3. The van der Waals surface area contributed by atoms with Crippen molar-refractivity contribution in [2.75, 3.05) is 0 Å². The number of halogens is 4. The number of nitrogens with zero attached hydrogens (tertiary/aromatic N) is 2. The van der Waals surface area contributed by atoms with Gasteiger partial charge in [-0.1, -0.05) is 0 Å². The van der Waals surface area contributed by atoms with Crippen molar-refractivity contribution in [3.8, 4) is 0 Å². The first-order chi connectivity index (χ1) is 13.2. The molecule has 150 valence electrons. The lowest BCUT2D eigenvalue weighted by Crippen LogP contribution is -2.44. The fraction of sp³-hybridized carbons (Fsp3) is 0.389. The SMILES string of the molecule is O=C(Cn1nc(C(F)F)c2c1CCC2)N[C@@H](Cc1cc(F)cc(F)c1)C(=O)O. The van der Waals surface area contributed by atoms with Crippen LogP contribution in [0.25, 0.3) is 0 Å². The molecule has 0 saturated carbocycles. The normalized spacial score (nSPS) is 14.2. The number of carboxylic acids is 1. The molecule has 1 heterocycles. The highest BCUT2D eigenvalue weighted by atomic mass is 19.3. The summed E-state index contributed by atoms with van der Waals surface area (Å²) in [6.45, 7) is -0.420. The van der Waals surface area contributed by atoms with Crippen LogP contribution in [0.3, 0.4) is 0 Å².